The van der Waals surface area contributed by atoms with Crippen molar-refractivity contribution in [2.45, 2.75) is 45.7 Å². The molecule has 0 heterocycles. The van der Waals surface area contributed by atoms with Crippen molar-refractivity contribution >= 4 is 11.6 Å². The Hall–Kier alpha value is -1.95. The van der Waals surface area contributed by atoms with Crippen molar-refractivity contribution in [3.63, 3.8) is 0 Å². The third-order valence-corrected chi connectivity index (χ3v) is 3.23. The lowest BCUT2D eigenvalue weighted by Crippen LogP contribution is -2.42. The van der Waals surface area contributed by atoms with Crippen molar-refractivity contribution in [2.75, 3.05) is 6.54 Å². The van der Waals surface area contributed by atoms with Gasteiger partial charge in [-0.05, 0) is 18.9 Å². The zero-order valence-electron chi connectivity index (χ0n) is 12.6. The van der Waals surface area contributed by atoms with Gasteiger partial charge >= 0.3 is 0 Å². The summed E-state index contributed by atoms with van der Waals surface area (Å²) in [5, 5.41) is 16.5. The van der Waals surface area contributed by atoms with Crippen LogP contribution in [0.4, 0.5) is 5.69 Å². The van der Waals surface area contributed by atoms with Crippen molar-refractivity contribution in [1.82, 2.24) is 10.6 Å². The molecule has 0 fully saturated rings. The molecule has 1 amide bonds. The highest BCUT2D eigenvalue weighted by Gasteiger charge is 2.11. The Morgan fingerprint density at radius 1 is 1.29 bits per heavy atom. The van der Waals surface area contributed by atoms with Crippen LogP contribution in [0.5, 0.6) is 0 Å². The molecule has 0 spiro atoms. The van der Waals surface area contributed by atoms with Crippen molar-refractivity contribution in [3.05, 3.63) is 39.9 Å². The number of carbonyl (C=O) groups excluding carboxylic acids is 1. The molecule has 0 aromatic heterocycles. The maximum Gasteiger partial charge on any atom is 0.269 e. The largest absolute Gasteiger partial charge is 0.355 e. The van der Waals surface area contributed by atoms with Crippen LogP contribution in [0.2, 0.25) is 0 Å². The maximum absolute atomic E-state index is 11.8. The summed E-state index contributed by atoms with van der Waals surface area (Å²) in [6.07, 6.45) is 3.24. The number of rotatable bonds is 9. The summed E-state index contributed by atoms with van der Waals surface area (Å²) in [4.78, 5) is 21.9. The number of benzene rings is 1. The molecule has 21 heavy (non-hydrogen) atoms. The second kappa shape index (κ2) is 9.07. The fraction of sp³-hybridized carbons (Fsp3) is 0.533. The summed E-state index contributed by atoms with van der Waals surface area (Å²) >= 11 is 0. The lowest BCUT2D eigenvalue weighted by atomic mass is 10.2. The summed E-state index contributed by atoms with van der Waals surface area (Å²) in [7, 11) is 0. The van der Waals surface area contributed by atoms with E-state index in [1.807, 2.05) is 0 Å². The molecule has 0 aliphatic heterocycles. The summed E-state index contributed by atoms with van der Waals surface area (Å²) in [6, 6.07) is 6.02. The van der Waals surface area contributed by atoms with Crippen LogP contribution >= 0.6 is 0 Å². The molecular formula is C15H23N3O3. The monoisotopic (exact) mass is 293 g/mol. The molecule has 6 heteroatoms. The van der Waals surface area contributed by atoms with E-state index in [1.165, 1.54) is 12.1 Å². The first-order chi connectivity index (χ1) is 10.0. The van der Waals surface area contributed by atoms with Gasteiger partial charge in [-0.25, -0.2) is 0 Å². The molecular weight excluding hydrogens is 270 g/mol. The maximum atomic E-state index is 11.8. The first-order valence-electron chi connectivity index (χ1n) is 7.29. The minimum absolute atomic E-state index is 0.0204. The normalized spacial score (nSPS) is 11.9. The number of unbranched alkanes of at least 4 members (excludes halogenated alkanes) is 2. The molecule has 116 valence electrons. The molecule has 0 bridgehead atoms. The van der Waals surface area contributed by atoms with Gasteiger partial charge in [0.15, 0.2) is 0 Å². The Morgan fingerprint density at radius 2 is 1.95 bits per heavy atom. The second-order valence-corrected chi connectivity index (χ2v) is 5.02. The van der Waals surface area contributed by atoms with Crippen LogP contribution in [-0.2, 0) is 11.3 Å². The molecule has 1 aromatic carbocycles. The third-order valence-electron chi connectivity index (χ3n) is 3.23. The molecule has 0 saturated carbocycles. The van der Waals surface area contributed by atoms with Gasteiger partial charge in [0.1, 0.15) is 0 Å². The van der Waals surface area contributed by atoms with Crippen LogP contribution in [0.25, 0.3) is 0 Å². The number of nitrogens with zero attached hydrogens (tertiary/aromatic N) is 1. The molecule has 1 aromatic rings. The average Bonchev–Trinajstić information content (AvgIpc) is 2.49. The SMILES string of the molecule is CCCCCNC(=O)C(C)NCc1ccc([N+](=O)[O-])cc1. The number of non-ortho nitro benzene ring substituents is 1. The van der Waals surface area contributed by atoms with Gasteiger partial charge in [-0.15, -0.1) is 0 Å². The van der Waals surface area contributed by atoms with Gasteiger partial charge in [0.05, 0.1) is 11.0 Å². The lowest BCUT2D eigenvalue weighted by Gasteiger charge is -2.14. The third kappa shape index (κ3) is 6.35. The number of hydrogen-bond donors (Lipinski definition) is 2. The van der Waals surface area contributed by atoms with E-state index in [4.69, 9.17) is 0 Å². The number of nitro benzene ring substituents is 1. The van der Waals surface area contributed by atoms with E-state index in [0.717, 1.165) is 24.8 Å². The summed E-state index contributed by atoms with van der Waals surface area (Å²) < 4.78 is 0. The predicted molar refractivity (Wildman–Crippen MR) is 81.9 cm³/mol. The first-order valence-corrected chi connectivity index (χ1v) is 7.29. The Balaban J connectivity index is 2.33. The van der Waals surface area contributed by atoms with E-state index in [1.54, 1.807) is 19.1 Å². The lowest BCUT2D eigenvalue weighted by molar-refractivity contribution is -0.384. The number of nitro groups is 1. The summed E-state index contributed by atoms with van der Waals surface area (Å²) in [5.41, 5.74) is 0.978. The quantitative estimate of drug-likeness (QED) is 0.416. The van der Waals surface area contributed by atoms with Gasteiger partial charge in [-0.1, -0.05) is 31.9 Å². The van der Waals surface area contributed by atoms with Crippen LogP contribution in [0.3, 0.4) is 0 Å². The zero-order valence-corrected chi connectivity index (χ0v) is 12.6. The topological polar surface area (TPSA) is 84.3 Å². The molecule has 0 saturated heterocycles. The van der Waals surface area contributed by atoms with Gasteiger partial charge in [-0.2, -0.15) is 0 Å². The average molecular weight is 293 g/mol. The molecule has 6 nitrogen and oxygen atoms in total. The van der Waals surface area contributed by atoms with Gasteiger partial charge in [-0.3, -0.25) is 14.9 Å². The number of nitrogens with one attached hydrogen (secondary N) is 2. The fourth-order valence-corrected chi connectivity index (χ4v) is 1.84. The molecule has 2 N–H and O–H groups in total. The van der Waals surface area contributed by atoms with Gasteiger partial charge < -0.3 is 10.6 Å². The van der Waals surface area contributed by atoms with Crippen LogP contribution in [0, 0.1) is 10.1 Å². The Morgan fingerprint density at radius 3 is 2.52 bits per heavy atom. The smallest absolute Gasteiger partial charge is 0.269 e. The highest BCUT2D eigenvalue weighted by atomic mass is 16.6. The molecule has 0 aliphatic carbocycles. The van der Waals surface area contributed by atoms with E-state index in [-0.39, 0.29) is 17.6 Å². The van der Waals surface area contributed by atoms with Crippen LogP contribution < -0.4 is 10.6 Å². The standard InChI is InChI=1S/C15H23N3O3/c1-3-4-5-10-16-15(19)12(2)17-11-13-6-8-14(9-7-13)18(20)21/h6-9,12,17H,3-5,10-11H2,1-2H3,(H,16,19). The first kappa shape index (κ1) is 17.1. The predicted octanol–water partition coefficient (Wildman–Crippen LogP) is 2.38. The summed E-state index contributed by atoms with van der Waals surface area (Å²) in [5.74, 6) is -0.0204. The van der Waals surface area contributed by atoms with E-state index >= 15 is 0 Å². The van der Waals surface area contributed by atoms with Gasteiger partial charge in [0.2, 0.25) is 5.91 Å². The van der Waals surface area contributed by atoms with Crippen molar-refractivity contribution < 1.29 is 9.72 Å². The summed E-state index contributed by atoms with van der Waals surface area (Å²) in [6.45, 7) is 5.13. The molecule has 1 rings (SSSR count). The zero-order chi connectivity index (χ0) is 15.7. The van der Waals surface area contributed by atoms with E-state index in [9.17, 15) is 14.9 Å². The molecule has 0 radical (unpaired) electrons. The van der Waals surface area contributed by atoms with Crippen molar-refractivity contribution in [3.8, 4) is 0 Å². The van der Waals surface area contributed by atoms with Crippen LogP contribution in [-0.4, -0.2) is 23.4 Å². The van der Waals surface area contributed by atoms with Gasteiger partial charge in [0, 0.05) is 25.2 Å². The van der Waals surface area contributed by atoms with Crippen LogP contribution in [0.15, 0.2) is 24.3 Å². The Kier molecular flexibility index (Phi) is 7.39. The number of carbonyl (C=O) groups is 1. The number of hydrogen-bond acceptors (Lipinski definition) is 4. The van der Waals surface area contributed by atoms with E-state index in [2.05, 4.69) is 17.6 Å². The Labute approximate surface area is 125 Å². The van der Waals surface area contributed by atoms with E-state index in [0.29, 0.717) is 13.1 Å². The minimum Gasteiger partial charge on any atom is -0.355 e. The Bertz CT molecular complexity index is 460. The highest BCUT2D eigenvalue weighted by Crippen LogP contribution is 2.11. The second-order valence-electron chi connectivity index (χ2n) is 5.02. The fourth-order valence-electron chi connectivity index (χ4n) is 1.84. The molecule has 0 aliphatic rings. The molecule has 1 unspecified atom stereocenters. The highest BCUT2D eigenvalue weighted by molar-refractivity contribution is 5.81. The number of amides is 1. The van der Waals surface area contributed by atoms with E-state index < -0.39 is 4.92 Å². The van der Waals surface area contributed by atoms with Crippen molar-refractivity contribution in [1.29, 1.82) is 0 Å². The van der Waals surface area contributed by atoms with Crippen molar-refractivity contribution in [2.24, 2.45) is 0 Å². The molecule has 1 atom stereocenters. The van der Waals surface area contributed by atoms with Gasteiger partial charge in [0.25, 0.3) is 5.69 Å². The minimum atomic E-state index is -0.427. The van der Waals surface area contributed by atoms with Crippen LogP contribution in [0.1, 0.15) is 38.7 Å².